The van der Waals surface area contributed by atoms with E-state index in [1.54, 1.807) is 12.0 Å². The Kier molecular flexibility index (Phi) is 6.60. The summed E-state index contributed by atoms with van der Waals surface area (Å²) in [4.78, 5) is 24.1. The number of hydrogen-bond acceptors (Lipinski definition) is 3. The molecule has 0 saturated carbocycles. The van der Waals surface area contributed by atoms with Crippen molar-refractivity contribution in [1.29, 1.82) is 0 Å². The molecule has 1 aromatic carbocycles. The van der Waals surface area contributed by atoms with Gasteiger partial charge in [-0.1, -0.05) is 30.3 Å². The number of benzene rings is 1. The zero-order valence-electron chi connectivity index (χ0n) is 11.0. The standard InChI is InChI=1S/C14H19NO4/c1-19-10-9-15(13(16)7-8-14(17)18)11-12-5-3-2-4-6-12/h2-6H,7-11H2,1H3,(H,17,18). The molecule has 5 nitrogen and oxygen atoms in total. The maximum absolute atomic E-state index is 12.0. The minimum atomic E-state index is -0.959. The van der Waals surface area contributed by atoms with Crippen molar-refractivity contribution >= 4 is 11.9 Å². The van der Waals surface area contributed by atoms with Crippen molar-refractivity contribution in [3.05, 3.63) is 35.9 Å². The lowest BCUT2D eigenvalue weighted by atomic mass is 10.2. The minimum absolute atomic E-state index is 0.0197. The third-order valence-electron chi connectivity index (χ3n) is 2.69. The van der Waals surface area contributed by atoms with E-state index in [0.717, 1.165) is 5.56 Å². The molecule has 0 saturated heterocycles. The number of aliphatic carboxylic acids is 1. The van der Waals surface area contributed by atoms with Gasteiger partial charge in [0.2, 0.25) is 5.91 Å². The van der Waals surface area contributed by atoms with Crippen molar-refractivity contribution in [3.63, 3.8) is 0 Å². The zero-order chi connectivity index (χ0) is 14.1. The Labute approximate surface area is 112 Å². The second kappa shape index (κ2) is 8.26. The fourth-order valence-corrected chi connectivity index (χ4v) is 1.67. The average Bonchev–Trinajstić information content (AvgIpc) is 2.41. The van der Waals surface area contributed by atoms with Crippen LogP contribution in [0.1, 0.15) is 18.4 Å². The number of methoxy groups -OCH3 is 1. The van der Waals surface area contributed by atoms with Gasteiger partial charge in [0.15, 0.2) is 0 Å². The number of carboxylic acids is 1. The van der Waals surface area contributed by atoms with E-state index in [1.165, 1.54) is 0 Å². The molecule has 0 aliphatic carbocycles. The van der Waals surface area contributed by atoms with Gasteiger partial charge in [-0.25, -0.2) is 0 Å². The monoisotopic (exact) mass is 265 g/mol. The van der Waals surface area contributed by atoms with Gasteiger partial charge in [-0.05, 0) is 5.56 Å². The normalized spacial score (nSPS) is 10.2. The highest BCUT2D eigenvalue weighted by Gasteiger charge is 2.14. The average molecular weight is 265 g/mol. The summed E-state index contributed by atoms with van der Waals surface area (Å²) in [6, 6.07) is 9.60. The quantitative estimate of drug-likeness (QED) is 0.774. The first-order valence-corrected chi connectivity index (χ1v) is 6.16. The number of ether oxygens (including phenoxy) is 1. The lowest BCUT2D eigenvalue weighted by Gasteiger charge is -2.22. The van der Waals surface area contributed by atoms with Crippen molar-refractivity contribution in [1.82, 2.24) is 4.90 Å². The summed E-state index contributed by atoms with van der Waals surface area (Å²) in [5.41, 5.74) is 1.02. The van der Waals surface area contributed by atoms with E-state index in [4.69, 9.17) is 9.84 Å². The molecule has 0 aliphatic heterocycles. The summed E-state index contributed by atoms with van der Waals surface area (Å²) in [5, 5.41) is 8.61. The molecule has 5 heteroatoms. The largest absolute Gasteiger partial charge is 0.481 e. The molecule has 0 aromatic heterocycles. The first kappa shape index (κ1) is 15.2. The summed E-state index contributed by atoms with van der Waals surface area (Å²) < 4.78 is 4.98. The minimum Gasteiger partial charge on any atom is -0.481 e. The SMILES string of the molecule is COCCN(Cc1ccccc1)C(=O)CCC(=O)O. The van der Waals surface area contributed by atoms with Crippen LogP contribution in [0.3, 0.4) is 0 Å². The number of amides is 1. The number of carbonyl (C=O) groups excluding carboxylic acids is 1. The lowest BCUT2D eigenvalue weighted by molar-refractivity contribution is -0.141. The van der Waals surface area contributed by atoms with Crippen LogP contribution in [-0.2, 0) is 20.9 Å². The van der Waals surface area contributed by atoms with E-state index in [0.29, 0.717) is 19.7 Å². The van der Waals surface area contributed by atoms with Crippen LogP contribution in [0.2, 0.25) is 0 Å². The van der Waals surface area contributed by atoms with Gasteiger partial charge >= 0.3 is 5.97 Å². The van der Waals surface area contributed by atoms with Gasteiger partial charge in [-0.3, -0.25) is 9.59 Å². The number of hydrogen-bond donors (Lipinski definition) is 1. The van der Waals surface area contributed by atoms with Crippen LogP contribution in [0.25, 0.3) is 0 Å². The van der Waals surface area contributed by atoms with Crippen LogP contribution >= 0.6 is 0 Å². The van der Waals surface area contributed by atoms with Crippen molar-refractivity contribution in [2.24, 2.45) is 0 Å². The first-order valence-electron chi connectivity index (χ1n) is 6.16. The molecular weight excluding hydrogens is 246 g/mol. The van der Waals surface area contributed by atoms with E-state index in [9.17, 15) is 9.59 Å². The third kappa shape index (κ3) is 6.01. The molecule has 19 heavy (non-hydrogen) atoms. The van der Waals surface area contributed by atoms with Crippen molar-refractivity contribution in [3.8, 4) is 0 Å². The Hall–Kier alpha value is -1.88. The molecule has 1 amide bonds. The molecule has 0 bridgehead atoms. The fourth-order valence-electron chi connectivity index (χ4n) is 1.67. The Morgan fingerprint density at radius 1 is 1.21 bits per heavy atom. The van der Waals surface area contributed by atoms with E-state index in [1.807, 2.05) is 30.3 Å². The van der Waals surface area contributed by atoms with Gasteiger partial charge in [-0.2, -0.15) is 0 Å². The summed E-state index contributed by atoms with van der Waals surface area (Å²) in [6.07, 6.45) is -0.122. The molecule has 0 heterocycles. The number of rotatable bonds is 8. The zero-order valence-corrected chi connectivity index (χ0v) is 11.0. The highest BCUT2D eigenvalue weighted by atomic mass is 16.5. The van der Waals surface area contributed by atoms with E-state index >= 15 is 0 Å². The topological polar surface area (TPSA) is 66.8 Å². The van der Waals surface area contributed by atoms with Gasteiger partial charge in [-0.15, -0.1) is 0 Å². The summed E-state index contributed by atoms with van der Waals surface area (Å²) in [7, 11) is 1.57. The van der Waals surface area contributed by atoms with Crippen LogP contribution in [0.4, 0.5) is 0 Å². The van der Waals surface area contributed by atoms with E-state index in [-0.39, 0.29) is 18.7 Å². The second-order valence-corrected chi connectivity index (χ2v) is 4.19. The Morgan fingerprint density at radius 3 is 2.47 bits per heavy atom. The van der Waals surface area contributed by atoms with Gasteiger partial charge in [0.1, 0.15) is 0 Å². The molecule has 0 radical (unpaired) electrons. The van der Waals surface area contributed by atoms with Gasteiger partial charge in [0.05, 0.1) is 13.0 Å². The van der Waals surface area contributed by atoms with Crippen LogP contribution in [-0.4, -0.2) is 42.1 Å². The fraction of sp³-hybridized carbons (Fsp3) is 0.429. The summed E-state index contributed by atoms with van der Waals surface area (Å²) in [6.45, 7) is 1.37. The summed E-state index contributed by atoms with van der Waals surface area (Å²) >= 11 is 0. The molecule has 1 aromatic rings. The molecule has 0 spiro atoms. The maximum atomic E-state index is 12.0. The van der Waals surface area contributed by atoms with Crippen molar-refractivity contribution in [2.45, 2.75) is 19.4 Å². The Morgan fingerprint density at radius 2 is 1.89 bits per heavy atom. The molecule has 0 fully saturated rings. The van der Waals surface area contributed by atoms with Crippen molar-refractivity contribution in [2.75, 3.05) is 20.3 Å². The second-order valence-electron chi connectivity index (χ2n) is 4.19. The predicted octanol–water partition coefficient (Wildman–Crippen LogP) is 1.53. The van der Waals surface area contributed by atoms with Crippen LogP contribution < -0.4 is 0 Å². The maximum Gasteiger partial charge on any atom is 0.303 e. The molecule has 0 unspecified atom stereocenters. The number of nitrogens with zero attached hydrogens (tertiary/aromatic N) is 1. The molecule has 1 N–H and O–H groups in total. The molecular formula is C14H19NO4. The van der Waals surface area contributed by atoms with E-state index in [2.05, 4.69) is 0 Å². The third-order valence-corrected chi connectivity index (χ3v) is 2.69. The molecule has 1 rings (SSSR count). The van der Waals surface area contributed by atoms with Crippen LogP contribution in [0, 0.1) is 0 Å². The molecule has 0 aliphatic rings. The Bertz CT molecular complexity index is 405. The van der Waals surface area contributed by atoms with Gasteiger partial charge in [0, 0.05) is 26.6 Å². The highest BCUT2D eigenvalue weighted by Crippen LogP contribution is 2.07. The molecule has 0 atom stereocenters. The Balaban J connectivity index is 2.60. The predicted molar refractivity (Wildman–Crippen MR) is 70.6 cm³/mol. The summed E-state index contributed by atoms with van der Waals surface area (Å²) in [5.74, 6) is -1.12. The van der Waals surface area contributed by atoms with Crippen LogP contribution in [0.5, 0.6) is 0 Å². The van der Waals surface area contributed by atoms with E-state index < -0.39 is 5.97 Å². The molecule has 104 valence electrons. The smallest absolute Gasteiger partial charge is 0.303 e. The van der Waals surface area contributed by atoms with Crippen molar-refractivity contribution < 1.29 is 19.4 Å². The number of carboxylic acid groups (broad SMARTS) is 1. The lowest BCUT2D eigenvalue weighted by Crippen LogP contribution is -2.33. The van der Waals surface area contributed by atoms with Crippen LogP contribution in [0.15, 0.2) is 30.3 Å². The highest BCUT2D eigenvalue weighted by molar-refractivity contribution is 5.80. The van der Waals surface area contributed by atoms with Gasteiger partial charge < -0.3 is 14.7 Å². The van der Waals surface area contributed by atoms with Gasteiger partial charge in [0.25, 0.3) is 0 Å². The number of carbonyl (C=O) groups is 2. The first-order chi connectivity index (χ1) is 9.13.